The van der Waals surface area contributed by atoms with Gasteiger partial charge in [-0.05, 0) is 25.0 Å². The molecule has 5 nitrogen and oxygen atoms in total. The molecule has 0 aliphatic rings. The highest BCUT2D eigenvalue weighted by Crippen LogP contribution is 2.16. The van der Waals surface area contributed by atoms with Crippen molar-refractivity contribution >= 4 is 11.7 Å². The molecule has 1 atom stereocenters. The van der Waals surface area contributed by atoms with Gasteiger partial charge in [0.25, 0.3) is 5.91 Å². The highest BCUT2D eigenvalue weighted by atomic mass is 16.5. The van der Waals surface area contributed by atoms with Crippen LogP contribution in [0.2, 0.25) is 0 Å². The van der Waals surface area contributed by atoms with E-state index in [9.17, 15) is 4.79 Å². The molecule has 1 amide bonds. The Balaban J connectivity index is 2.85. The molecule has 0 aliphatic carbocycles. The van der Waals surface area contributed by atoms with Crippen LogP contribution in [-0.2, 0) is 4.74 Å². The van der Waals surface area contributed by atoms with Crippen molar-refractivity contribution in [3.05, 3.63) is 23.4 Å². The number of carbonyl (C=O) groups excluding carboxylic acids is 1. The third-order valence-corrected chi connectivity index (χ3v) is 2.51. The van der Waals surface area contributed by atoms with Crippen LogP contribution in [0, 0.1) is 0 Å². The summed E-state index contributed by atoms with van der Waals surface area (Å²) >= 11 is 0. The number of pyridine rings is 1. The number of amides is 1. The molecule has 0 aliphatic heterocycles. The SMILES string of the molecule is COCC(C)NC(=O)c1cc(N)nc(C(C)C)c1. The van der Waals surface area contributed by atoms with Gasteiger partial charge in [0, 0.05) is 24.4 Å². The molecule has 0 radical (unpaired) electrons. The van der Waals surface area contributed by atoms with E-state index in [4.69, 9.17) is 10.5 Å². The first-order valence-corrected chi connectivity index (χ1v) is 6.01. The van der Waals surface area contributed by atoms with Gasteiger partial charge in [-0.25, -0.2) is 4.98 Å². The van der Waals surface area contributed by atoms with Gasteiger partial charge in [0.2, 0.25) is 0 Å². The number of nitrogens with two attached hydrogens (primary N) is 1. The highest BCUT2D eigenvalue weighted by Gasteiger charge is 2.13. The number of anilines is 1. The van der Waals surface area contributed by atoms with E-state index in [1.807, 2.05) is 20.8 Å². The second-order valence-electron chi connectivity index (χ2n) is 4.69. The monoisotopic (exact) mass is 251 g/mol. The van der Waals surface area contributed by atoms with Gasteiger partial charge in [0.05, 0.1) is 6.61 Å². The van der Waals surface area contributed by atoms with Crippen LogP contribution >= 0.6 is 0 Å². The normalized spacial score (nSPS) is 12.5. The molecule has 3 N–H and O–H groups in total. The number of methoxy groups -OCH3 is 1. The minimum atomic E-state index is -0.157. The summed E-state index contributed by atoms with van der Waals surface area (Å²) in [7, 11) is 1.60. The Hall–Kier alpha value is -1.62. The summed E-state index contributed by atoms with van der Waals surface area (Å²) in [5.74, 6) is 0.442. The van der Waals surface area contributed by atoms with E-state index in [1.165, 1.54) is 0 Å². The Kier molecular flexibility index (Phi) is 5.09. The number of nitrogen functional groups attached to an aromatic ring is 1. The molecule has 0 saturated heterocycles. The Labute approximate surface area is 108 Å². The predicted molar refractivity (Wildman–Crippen MR) is 71.5 cm³/mol. The quantitative estimate of drug-likeness (QED) is 0.832. The van der Waals surface area contributed by atoms with Gasteiger partial charge >= 0.3 is 0 Å². The first kappa shape index (κ1) is 14.4. The standard InChI is InChI=1S/C13H21N3O2/c1-8(2)11-5-10(6-12(14)16-11)13(17)15-9(3)7-18-4/h5-6,8-9H,7H2,1-4H3,(H2,14,16)(H,15,17). The second-order valence-corrected chi connectivity index (χ2v) is 4.69. The minimum Gasteiger partial charge on any atom is -0.384 e. The lowest BCUT2D eigenvalue weighted by molar-refractivity contribution is 0.0905. The molecular formula is C13H21N3O2. The first-order valence-electron chi connectivity index (χ1n) is 6.01. The topological polar surface area (TPSA) is 77.2 Å². The Morgan fingerprint density at radius 3 is 2.67 bits per heavy atom. The van der Waals surface area contributed by atoms with Gasteiger partial charge in [-0.1, -0.05) is 13.8 Å². The fourth-order valence-corrected chi connectivity index (χ4v) is 1.60. The van der Waals surface area contributed by atoms with Crippen LogP contribution < -0.4 is 11.1 Å². The lowest BCUT2D eigenvalue weighted by atomic mass is 10.1. The summed E-state index contributed by atoms with van der Waals surface area (Å²) in [6, 6.07) is 3.32. The number of hydrogen-bond donors (Lipinski definition) is 2. The number of rotatable bonds is 5. The van der Waals surface area contributed by atoms with Gasteiger partial charge < -0.3 is 15.8 Å². The molecule has 0 spiro atoms. The Morgan fingerprint density at radius 1 is 1.44 bits per heavy atom. The lowest BCUT2D eigenvalue weighted by Crippen LogP contribution is -2.35. The Morgan fingerprint density at radius 2 is 2.11 bits per heavy atom. The zero-order valence-electron chi connectivity index (χ0n) is 11.4. The van der Waals surface area contributed by atoms with Crippen molar-refractivity contribution < 1.29 is 9.53 Å². The second kappa shape index (κ2) is 6.35. The lowest BCUT2D eigenvalue weighted by Gasteiger charge is -2.14. The van der Waals surface area contributed by atoms with Crippen LogP contribution in [0.4, 0.5) is 5.82 Å². The molecular weight excluding hydrogens is 230 g/mol. The zero-order chi connectivity index (χ0) is 13.7. The van der Waals surface area contributed by atoms with Crippen LogP contribution in [0.1, 0.15) is 42.7 Å². The third-order valence-electron chi connectivity index (χ3n) is 2.51. The average Bonchev–Trinajstić information content (AvgIpc) is 2.28. The van der Waals surface area contributed by atoms with E-state index < -0.39 is 0 Å². The maximum atomic E-state index is 12.0. The van der Waals surface area contributed by atoms with E-state index in [0.717, 1.165) is 5.69 Å². The summed E-state index contributed by atoms with van der Waals surface area (Å²) in [5.41, 5.74) is 7.06. The number of ether oxygens (including phenoxy) is 1. The summed E-state index contributed by atoms with van der Waals surface area (Å²) in [6.45, 7) is 6.38. The summed E-state index contributed by atoms with van der Waals surface area (Å²) in [6.07, 6.45) is 0. The van der Waals surface area contributed by atoms with Crippen molar-refractivity contribution in [2.24, 2.45) is 0 Å². The van der Waals surface area contributed by atoms with E-state index in [2.05, 4.69) is 10.3 Å². The smallest absolute Gasteiger partial charge is 0.251 e. The zero-order valence-corrected chi connectivity index (χ0v) is 11.4. The molecule has 5 heteroatoms. The van der Waals surface area contributed by atoms with Gasteiger partial charge in [0.15, 0.2) is 0 Å². The van der Waals surface area contributed by atoms with Crippen LogP contribution in [0.3, 0.4) is 0 Å². The van der Waals surface area contributed by atoms with E-state index in [1.54, 1.807) is 19.2 Å². The summed E-state index contributed by atoms with van der Waals surface area (Å²) in [5, 5.41) is 2.84. The molecule has 1 rings (SSSR count). The van der Waals surface area contributed by atoms with Crippen LogP contribution in [0.5, 0.6) is 0 Å². The number of carbonyl (C=O) groups is 1. The van der Waals surface area contributed by atoms with E-state index in [-0.39, 0.29) is 17.9 Å². The van der Waals surface area contributed by atoms with Gasteiger partial charge in [-0.3, -0.25) is 4.79 Å². The highest BCUT2D eigenvalue weighted by molar-refractivity contribution is 5.95. The van der Waals surface area contributed by atoms with Gasteiger partial charge in [0.1, 0.15) is 5.82 Å². The van der Waals surface area contributed by atoms with E-state index >= 15 is 0 Å². The van der Waals surface area contributed by atoms with Crippen LogP contribution in [-0.4, -0.2) is 30.6 Å². The molecule has 18 heavy (non-hydrogen) atoms. The summed E-state index contributed by atoms with van der Waals surface area (Å²) in [4.78, 5) is 16.2. The number of nitrogens with zero attached hydrogens (tertiary/aromatic N) is 1. The molecule has 0 fully saturated rings. The van der Waals surface area contributed by atoms with Crippen molar-refractivity contribution in [3.63, 3.8) is 0 Å². The molecule has 1 aromatic rings. The summed E-state index contributed by atoms with van der Waals surface area (Å²) < 4.78 is 4.97. The van der Waals surface area contributed by atoms with Gasteiger partial charge in [-0.15, -0.1) is 0 Å². The van der Waals surface area contributed by atoms with Crippen molar-refractivity contribution in [2.45, 2.75) is 32.7 Å². The van der Waals surface area contributed by atoms with Crippen molar-refractivity contribution in [1.82, 2.24) is 10.3 Å². The number of nitrogens with one attached hydrogen (secondary N) is 1. The maximum Gasteiger partial charge on any atom is 0.251 e. The number of aromatic nitrogens is 1. The molecule has 1 aromatic heterocycles. The fraction of sp³-hybridized carbons (Fsp3) is 0.538. The third kappa shape index (κ3) is 4.00. The fourth-order valence-electron chi connectivity index (χ4n) is 1.60. The van der Waals surface area contributed by atoms with E-state index in [0.29, 0.717) is 18.0 Å². The largest absolute Gasteiger partial charge is 0.384 e. The van der Waals surface area contributed by atoms with Crippen LogP contribution in [0.25, 0.3) is 0 Å². The van der Waals surface area contributed by atoms with Crippen LogP contribution in [0.15, 0.2) is 12.1 Å². The van der Waals surface area contributed by atoms with Crippen molar-refractivity contribution in [3.8, 4) is 0 Å². The molecule has 0 aromatic carbocycles. The first-order chi connectivity index (χ1) is 8.43. The van der Waals surface area contributed by atoms with Crippen molar-refractivity contribution in [1.29, 1.82) is 0 Å². The minimum absolute atomic E-state index is 0.0422. The Bertz CT molecular complexity index is 419. The number of hydrogen-bond acceptors (Lipinski definition) is 4. The molecule has 0 bridgehead atoms. The molecule has 0 saturated carbocycles. The maximum absolute atomic E-state index is 12.0. The molecule has 1 heterocycles. The predicted octanol–water partition coefficient (Wildman–Crippen LogP) is 1.55. The molecule has 1 unspecified atom stereocenters. The van der Waals surface area contributed by atoms with Crippen molar-refractivity contribution in [2.75, 3.05) is 19.5 Å². The average molecular weight is 251 g/mol. The molecule has 100 valence electrons. The van der Waals surface area contributed by atoms with Gasteiger partial charge in [-0.2, -0.15) is 0 Å².